The van der Waals surface area contributed by atoms with E-state index in [0.29, 0.717) is 6.42 Å². The molecule has 0 unspecified atom stereocenters. The van der Waals surface area contributed by atoms with Crippen molar-refractivity contribution in [2.75, 3.05) is 22.1 Å². The van der Waals surface area contributed by atoms with Crippen molar-refractivity contribution in [1.29, 1.82) is 0 Å². The standard InChI is InChI=1S/C21H25N3O2/c1-14-6-7-15(2)19(13-14)23-21(26)16(3)22-17-8-10-18(11-9-17)24-12-4-5-20(24)25/h6-11,13,16,22H,4-5,12H2,1-3H3,(H,23,26)/t16-/m0/s1. The van der Waals surface area contributed by atoms with Gasteiger partial charge in [0.25, 0.3) is 0 Å². The monoisotopic (exact) mass is 351 g/mol. The van der Waals surface area contributed by atoms with Crippen molar-refractivity contribution in [3.05, 3.63) is 53.6 Å². The summed E-state index contributed by atoms with van der Waals surface area (Å²) in [5, 5.41) is 6.19. The molecule has 0 aliphatic carbocycles. The van der Waals surface area contributed by atoms with E-state index in [0.717, 1.165) is 41.2 Å². The van der Waals surface area contributed by atoms with E-state index in [9.17, 15) is 9.59 Å². The molecule has 1 saturated heterocycles. The summed E-state index contributed by atoms with van der Waals surface area (Å²) in [6.45, 7) is 6.59. The molecule has 1 aliphatic rings. The second-order valence-electron chi connectivity index (χ2n) is 6.87. The number of carbonyl (C=O) groups excluding carboxylic acids is 2. The third kappa shape index (κ3) is 4.04. The van der Waals surface area contributed by atoms with Gasteiger partial charge in [-0.15, -0.1) is 0 Å². The summed E-state index contributed by atoms with van der Waals surface area (Å²) in [7, 11) is 0. The lowest BCUT2D eigenvalue weighted by Gasteiger charge is -2.19. The molecule has 5 nitrogen and oxygen atoms in total. The fourth-order valence-electron chi connectivity index (χ4n) is 3.09. The summed E-state index contributed by atoms with van der Waals surface area (Å²) in [4.78, 5) is 26.1. The molecule has 1 aliphatic heterocycles. The van der Waals surface area contributed by atoms with E-state index in [-0.39, 0.29) is 17.9 Å². The Morgan fingerprint density at radius 2 is 1.85 bits per heavy atom. The van der Waals surface area contributed by atoms with Gasteiger partial charge in [-0.3, -0.25) is 9.59 Å². The van der Waals surface area contributed by atoms with Gasteiger partial charge in [-0.05, 0) is 68.7 Å². The van der Waals surface area contributed by atoms with Crippen molar-refractivity contribution in [1.82, 2.24) is 0 Å². The van der Waals surface area contributed by atoms with Crippen molar-refractivity contribution in [2.24, 2.45) is 0 Å². The van der Waals surface area contributed by atoms with Crippen LogP contribution in [0.1, 0.15) is 30.9 Å². The second kappa shape index (κ2) is 7.60. The van der Waals surface area contributed by atoms with E-state index in [4.69, 9.17) is 0 Å². The summed E-state index contributed by atoms with van der Waals surface area (Å²) >= 11 is 0. The van der Waals surface area contributed by atoms with Gasteiger partial charge < -0.3 is 15.5 Å². The zero-order valence-corrected chi connectivity index (χ0v) is 15.5. The Kier molecular flexibility index (Phi) is 5.26. The van der Waals surface area contributed by atoms with Crippen LogP contribution in [0.5, 0.6) is 0 Å². The van der Waals surface area contributed by atoms with E-state index < -0.39 is 0 Å². The maximum absolute atomic E-state index is 12.5. The third-order valence-corrected chi connectivity index (χ3v) is 4.68. The summed E-state index contributed by atoms with van der Waals surface area (Å²) in [6, 6.07) is 13.3. The highest BCUT2D eigenvalue weighted by Crippen LogP contribution is 2.23. The minimum absolute atomic E-state index is 0.0857. The van der Waals surface area contributed by atoms with Crippen LogP contribution >= 0.6 is 0 Å². The van der Waals surface area contributed by atoms with Crippen LogP contribution in [-0.4, -0.2) is 24.4 Å². The Morgan fingerprint density at radius 1 is 1.12 bits per heavy atom. The first-order valence-corrected chi connectivity index (χ1v) is 8.99. The van der Waals surface area contributed by atoms with Crippen molar-refractivity contribution in [3.63, 3.8) is 0 Å². The molecule has 2 aromatic carbocycles. The molecule has 136 valence electrons. The molecule has 2 amide bonds. The number of anilines is 3. The molecule has 1 atom stereocenters. The number of aryl methyl sites for hydroxylation is 2. The van der Waals surface area contributed by atoms with Crippen LogP contribution in [0.15, 0.2) is 42.5 Å². The van der Waals surface area contributed by atoms with Gasteiger partial charge in [0.1, 0.15) is 6.04 Å². The lowest BCUT2D eigenvalue weighted by molar-refractivity contribution is -0.117. The third-order valence-electron chi connectivity index (χ3n) is 4.68. The molecule has 0 radical (unpaired) electrons. The molecule has 2 N–H and O–H groups in total. The summed E-state index contributed by atoms with van der Waals surface area (Å²) in [6.07, 6.45) is 1.53. The van der Waals surface area contributed by atoms with E-state index >= 15 is 0 Å². The van der Waals surface area contributed by atoms with E-state index in [2.05, 4.69) is 10.6 Å². The molecule has 26 heavy (non-hydrogen) atoms. The number of hydrogen-bond donors (Lipinski definition) is 2. The van der Waals surface area contributed by atoms with Gasteiger partial charge in [0.05, 0.1) is 0 Å². The topological polar surface area (TPSA) is 61.4 Å². The van der Waals surface area contributed by atoms with E-state index in [1.807, 2.05) is 63.2 Å². The highest BCUT2D eigenvalue weighted by atomic mass is 16.2. The number of carbonyl (C=O) groups is 2. The number of benzene rings is 2. The molecule has 5 heteroatoms. The SMILES string of the molecule is Cc1ccc(C)c(NC(=O)[C@H](C)Nc2ccc(N3CCCC3=O)cc2)c1. The molecule has 0 spiro atoms. The largest absolute Gasteiger partial charge is 0.374 e. The maximum atomic E-state index is 12.5. The van der Waals surface area contributed by atoms with Gasteiger partial charge in [-0.2, -0.15) is 0 Å². The highest BCUT2D eigenvalue weighted by molar-refractivity contribution is 5.97. The lowest BCUT2D eigenvalue weighted by atomic mass is 10.1. The first-order chi connectivity index (χ1) is 12.4. The van der Waals surface area contributed by atoms with E-state index in [1.165, 1.54) is 0 Å². The molecule has 3 rings (SSSR count). The summed E-state index contributed by atoms with van der Waals surface area (Å²) in [5.41, 5.74) is 4.75. The van der Waals surface area contributed by atoms with Crippen LogP contribution in [-0.2, 0) is 9.59 Å². The van der Waals surface area contributed by atoms with Crippen molar-refractivity contribution in [2.45, 2.75) is 39.7 Å². The summed E-state index contributed by atoms with van der Waals surface area (Å²) < 4.78 is 0. The Labute approximate surface area is 154 Å². The molecule has 1 heterocycles. The van der Waals surface area contributed by atoms with Gasteiger partial charge >= 0.3 is 0 Å². The van der Waals surface area contributed by atoms with Crippen LogP contribution in [0.25, 0.3) is 0 Å². The van der Waals surface area contributed by atoms with E-state index in [1.54, 1.807) is 4.90 Å². The van der Waals surface area contributed by atoms with Crippen molar-refractivity contribution in [3.8, 4) is 0 Å². The molecule has 2 aromatic rings. The minimum Gasteiger partial charge on any atom is -0.374 e. The molecule has 0 aromatic heterocycles. The maximum Gasteiger partial charge on any atom is 0.246 e. The lowest BCUT2D eigenvalue weighted by Crippen LogP contribution is -2.32. The Balaban J connectivity index is 1.62. The van der Waals surface area contributed by atoms with Gasteiger partial charge in [0, 0.05) is 30.0 Å². The van der Waals surface area contributed by atoms with Crippen molar-refractivity contribution < 1.29 is 9.59 Å². The first-order valence-electron chi connectivity index (χ1n) is 8.99. The Hall–Kier alpha value is -2.82. The second-order valence-corrected chi connectivity index (χ2v) is 6.87. The van der Waals surface area contributed by atoms with Crippen LogP contribution in [0.4, 0.5) is 17.1 Å². The number of nitrogens with zero attached hydrogens (tertiary/aromatic N) is 1. The number of rotatable bonds is 5. The van der Waals surface area contributed by atoms with Gasteiger partial charge in [0.2, 0.25) is 11.8 Å². The first kappa shape index (κ1) is 18.0. The highest BCUT2D eigenvalue weighted by Gasteiger charge is 2.21. The van der Waals surface area contributed by atoms with Crippen LogP contribution in [0.2, 0.25) is 0 Å². The Bertz CT molecular complexity index is 815. The summed E-state index contributed by atoms with van der Waals surface area (Å²) in [5.74, 6) is 0.0875. The average molecular weight is 351 g/mol. The zero-order chi connectivity index (χ0) is 18.7. The van der Waals surface area contributed by atoms with Gasteiger partial charge in [0.15, 0.2) is 0 Å². The number of hydrogen-bond acceptors (Lipinski definition) is 3. The molecular formula is C21H25N3O2. The average Bonchev–Trinajstić information content (AvgIpc) is 3.04. The minimum atomic E-state index is -0.380. The quantitative estimate of drug-likeness (QED) is 0.860. The fraction of sp³-hybridized carbons (Fsp3) is 0.333. The molecule has 0 bridgehead atoms. The fourth-order valence-corrected chi connectivity index (χ4v) is 3.09. The predicted octanol–water partition coefficient (Wildman–Crippen LogP) is 3.87. The van der Waals surface area contributed by atoms with Crippen LogP contribution in [0, 0.1) is 13.8 Å². The van der Waals surface area contributed by atoms with Gasteiger partial charge in [-0.25, -0.2) is 0 Å². The van der Waals surface area contributed by atoms with Crippen LogP contribution < -0.4 is 15.5 Å². The van der Waals surface area contributed by atoms with Crippen LogP contribution in [0.3, 0.4) is 0 Å². The smallest absolute Gasteiger partial charge is 0.246 e. The Morgan fingerprint density at radius 3 is 2.50 bits per heavy atom. The normalized spacial score (nSPS) is 15.0. The zero-order valence-electron chi connectivity index (χ0n) is 15.5. The number of nitrogens with one attached hydrogen (secondary N) is 2. The molecule has 0 saturated carbocycles. The predicted molar refractivity (Wildman–Crippen MR) is 106 cm³/mol. The number of amides is 2. The molecular weight excluding hydrogens is 326 g/mol. The molecule has 1 fully saturated rings. The van der Waals surface area contributed by atoms with Gasteiger partial charge in [-0.1, -0.05) is 12.1 Å². The van der Waals surface area contributed by atoms with Crippen molar-refractivity contribution >= 4 is 28.9 Å².